The fourth-order valence-corrected chi connectivity index (χ4v) is 3.72. The number of fused-ring (bicyclic) bond motifs is 1. The fourth-order valence-electron chi connectivity index (χ4n) is 3.72. The highest BCUT2D eigenvalue weighted by Crippen LogP contribution is 2.33. The maximum Gasteiger partial charge on any atom is 0.262 e. The van der Waals surface area contributed by atoms with Gasteiger partial charge in [-0.25, -0.2) is 14.1 Å². The van der Waals surface area contributed by atoms with Crippen LogP contribution in [0.2, 0.25) is 0 Å². The highest BCUT2D eigenvalue weighted by Gasteiger charge is 2.33. The van der Waals surface area contributed by atoms with Crippen molar-refractivity contribution in [3.05, 3.63) is 60.0 Å². The summed E-state index contributed by atoms with van der Waals surface area (Å²) in [5.41, 5.74) is 2.36. The molecule has 2 aliphatic rings. The van der Waals surface area contributed by atoms with E-state index in [0.29, 0.717) is 43.0 Å². The third kappa shape index (κ3) is 2.69. The second-order valence-corrected chi connectivity index (χ2v) is 7.02. The number of pyridine rings is 1. The minimum absolute atomic E-state index is 0.0612. The molecule has 5 rings (SSSR count). The first kappa shape index (κ1) is 16.7. The third-order valence-electron chi connectivity index (χ3n) is 5.20. The number of rotatable bonds is 3. The Morgan fingerprint density at radius 2 is 2.04 bits per heavy atom. The van der Waals surface area contributed by atoms with Crippen LogP contribution in [0.4, 0.5) is 15.9 Å². The molecule has 7 nitrogen and oxygen atoms in total. The molecule has 3 aromatic rings. The number of hydrogen-bond donors (Lipinski definition) is 1. The van der Waals surface area contributed by atoms with E-state index in [0.717, 1.165) is 11.5 Å². The van der Waals surface area contributed by atoms with Crippen LogP contribution >= 0.6 is 0 Å². The van der Waals surface area contributed by atoms with Crippen LogP contribution in [0.25, 0.3) is 5.69 Å². The molecule has 1 aromatic carbocycles. The molecule has 0 saturated carbocycles. The third-order valence-corrected chi connectivity index (χ3v) is 5.20. The van der Waals surface area contributed by atoms with Gasteiger partial charge in [0.05, 0.1) is 41.9 Å². The molecule has 1 fully saturated rings. The molecule has 2 aromatic heterocycles. The fraction of sp³-hybridized carbons (Fsp3) is 0.250. The molecular formula is C20H18FN5O2. The number of aromatic nitrogens is 3. The number of amides is 1. The van der Waals surface area contributed by atoms with Crippen LogP contribution in [0, 0.1) is 0 Å². The van der Waals surface area contributed by atoms with Gasteiger partial charge in [0.25, 0.3) is 5.91 Å². The second-order valence-electron chi connectivity index (χ2n) is 7.02. The van der Waals surface area contributed by atoms with E-state index in [2.05, 4.69) is 10.1 Å². The van der Waals surface area contributed by atoms with E-state index in [-0.39, 0.29) is 11.7 Å². The largest absolute Gasteiger partial charge is 0.506 e. The number of halogens is 1. The highest BCUT2D eigenvalue weighted by molar-refractivity contribution is 6.10. The molecular weight excluding hydrogens is 361 g/mol. The zero-order chi connectivity index (χ0) is 19.3. The Balaban J connectivity index is 1.38. The summed E-state index contributed by atoms with van der Waals surface area (Å²) >= 11 is 0. The van der Waals surface area contributed by atoms with Crippen molar-refractivity contribution in [1.82, 2.24) is 14.8 Å². The van der Waals surface area contributed by atoms with E-state index >= 15 is 0 Å². The monoisotopic (exact) mass is 379 g/mol. The Hall–Kier alpha value is -3.42. The van der Waals surface area contributed by atoms with Crippen LogP contribution in [-0.4, -0.2) is 45.0 Å². The molecule has 28 heavy (non-hydrogen) atoms. The zero-order valence-corrected chi connectivity index (χ0v) is 15.0. The van der Waals surface area contributed by atoms with Crippen molar-refractivity contribution < 1.29 is 14.3 Å². The Kier molecular flexibility index (Phi) is 3.78. The molecule has 1 amide bonds. The van der Waals surface area contributed by atoms with Gasteiger partial charge in [-0.15, -0.1) is 0 Å². The van der Waals surface area contributed by atoms with Crippen molar-refractivity contribution in [3.8, 4) is 11.4 Å². The Labute approximate surface area is 160 Å². The molecule has 0 radical (unpaired) electrons. The number of carbonyl (C=O) groups excluding carboxylic acids is 1. The molecule has 8 heteroatoms. The van der Waals surface area contributed by atoms with Crippen LogP contribution in [0.1, 0.15) is 22.5 Å². The van der Waals surface area contributed by atoms with Gasteiger partial charge in [-0.2, -0.15) is 5.10 Å². The number of anilines is 2. The molecule has 0 unspecified atom stereocenters. The number of hydrogen-bond acceptors (Lipinski definition) is 5. The van der Waals surface area contributed by atoms with Crippen molar-refractivity contribution in [1.29, 1.82) is 0 Å². The first-order chi connectivity index (χ1) is 13.6. The van der Waals surface area contributed by atoms with Gasteiger partial charge < -0.3 is 10.0 Å². The van der Waals surface area contributed by atoms with Gasteiger partial charge >= 0.3 is 0 Å². The summed E-state index contributed by atoms with van der Waals surface area (Å²) in [4.78, 5) is 20.6. The van der Waals surface area contributed by atoms with E-state index in [4.69, 9.17) is 0 Å². The average Bonchev–Trinajstić information content (AvgIpc) is 3.39. The maximum absolute atomic E-state index is 13.4. The van der Waals surface area contributed by atoms with Crippen LogP contribution in [0.5, 0.6) is 5.75 Å². The second kappa shape index (κ2) is 6.33. The number of para-hydroxylation sites is 2. The number of carbonyl (C=O) groups is 1. The first-order valence-corrected chi connectivity index (χ1v) is 9.14. The van der Waals surface area contributed by atoms with E-state index in [9.17, 15) is 14.3 Å². The number of phenolic OH excluding ortho intramolecular Hbond substituents is 1. The minimum atomic E-state index is -0.798. The normalized spacial score (nSPS) is 18.8. The molecule has 1 saturated heterocycles. The van der Waals surface area contributed by atoms with Crippen molar-refractivity contribution in [3.63, 3.8) is 0 Å². The number of aromatic hydroxyl groups is 1. The van der Waals surface area contributed by atoms with E-state index in [1.54, 1.807) is 41.3 Å². The summed E-state index contributed by atoms with van der Waals surface area (Å²) in [5.74, 6) is 0.606. The van der Waals surface area contributed by atoms with Gasteiger partial charge in [0, 0.05) is 12.7 Å². The van der Waals surface area contributed by atoms with Crippen LogP contribution in [0.15, 0.2) is 48.8 Å². The van der Waals surface area contributed by atoms with Gasteiger partial charge in [-0.1, -0.05) is 12.1 Å². The molecule has 0 aliphatic carbocycles. The lowest BCUT2D eigenvalue weighted by molar-refractivity contribution is 0.0995. The Morgan fingerprint density at radius 1 is 1.18 bits per heavy atom. The summed E-state index contributed by atoms with van der Waals surface area (Å²) in [6, 6.07) is 10.5. The Bertz CT molecular complexity index is 1050. The SMILES string of the molecule is O=C1c2cn(-c3ccc(N4CC[C@@H](F)C4)nc3)nc2CN1c1ccccc1O. The summed E-state index contributed by atoms with van der Waals surface area (Å²) in [5, 5.41) is 14.5. The van der Waals surface area contributed by atoms with E-state index in [1.165, 1.54) is 4.90 Å². The maximum atomic E-state index is 13.4. The van der Waals surface area contributed by atoms with Crippen molar-refractivity contribution in [2.24, 2.45) is 0 Å². The number of nitrogens with zero attached hydrogens (tertiary/aromatic N) is 5. The van der Waals surface area contributed by atoms with Gasteiger partial charge in [0.2, 0.25) is 0 Å². The topological polar surface area (TPSA) is 74.5 Å². The van der Waals surface area contributed by atoms with Crippen LogP contribution < -0.4 is 9.80 Å². The standard InChI is InChI=1S/C20H18FN5O2/c21-13-7-8-24(10-13)19-6-5-14(9-22-19)26-11-15-16(23-26)12-25(20(15)28)17-3-1-2-4-18(17)27/h1-6,9,11,13,27H,7-8,10,12H2/t13-/m1/s1. The summed E-state index contributed by atoms with van der Waals surface area (Å²) < 4.78 is 15.0. The smallest absolute Gasteiger partial charge is 0.262 e. The van der Waals surface area contributed by atoms with Gasteiger partial charge in [0.1, 0.15) is 17.7 Å². The lowest BCUT2D eigenvalue weighted by Crippen LogP contribution is -2.24. The predicted octanol–water partition coefficient (Wildman–Crippen LogP) is 2.68. The molecule has 0 spiro atoms. The number of alkyl halides is 1. The van der Waals surface area contributed by atoms with Gasteiger partial charge in [-0.3, -0.25) is 9.69 Å². The lowest BCUT2D eigenvalue weighted by Gasteiger charge is -2.17. The van der Waals surface area contributed by atoms with Crippen LogP contribution in [0.3, 0.4) is 0 Å². The van der Waals surface area contributed by atoms with Gasteiger partial charge in [0.15, 0.2) is 0 Å². The summed E-state index contributed by atoms with van der Waals surface area (Å²) in [7, 11) is 0. The average molecular weight is 379 g/mol. The van der Waals surface area contributed by atoms with E-state index in [1.807, 2.05) is 17.0 Å². The molecule has 1 atom stereocenters. The summed E-state index contributed by atoms with van der Waals surface area (Å²) in [6.45, 7) is 1.34. The Morgan fingerprint density at radius 3 is 2.71 bits per heavy atom. The molecule has 4 heterocycles. The minimum Gasteiger partial charge on any atom is -0.506 e. The van der Waals surface area contributed by atoms with Gasteiger partial charge in [-0.05, 0) is 30.7 Å². The number of phenols is 1. The first-order valence-electron chi connectivity index (χ1n) is 9.14. The zero-order valence-electron chi connectivity index (χ0n) is 15.0. The van der Waals surface area contributed by atoms with Crippen molar-refractivity contribution >= 4 is 17.4 Å². The predicted molar refractivity (Wildman–Crippen MR) is 102 cm³/mol. The molecule has 2 aliphatic heterocycles. The van der Waals surface area contributed by atoms with Crippen LogP contribution in [-0.2, 0) is 6.54 Å². The highest BCUT2D eigenvalue weighted by atomic mass is 19.1. The molecule has 1 N–H and O–H groups in total. The summed E-state index contributed by atoms with van der Waals surface area (Å²) in [6.07, 6.45) is 3.09. The lowest BCUT2D eigenvalue weighted by atomic mass is 10.2. The van der Waals surface area contributed by atoms with Crippen molar-refractivity contribution in [2.45, 2.75) is 19.1 Å². The number of benzene rings is 1. The van der Waals surface area contributed by atoms with E-state index < -0.39 is 6.17 Å². The molecule has 142 valence electrons. The molecule has 0 bridgehead atoms. The van der Waals surface area contributed by atoms with Crippen molar-refractivity contribution in [2.75, 3.05) is 22.9 Å². The quantitative estimate of drug-likeness (QED) is 0.757.